The molecule has 0 bridgehead atoms. The molecule has 1 aromatic carbocycles. The molecule has 1 aliphatic carbocycles. The Balaban J connectivity index is 1.93. The van der Waals surface area contributed by atoms with Crippen LogP contribution in [0.5, 0.6) is 0 Å². The predicted octanol–water partition coefficient (Wildman–Crippen LogP) is 3.15. The summed E-state index contributed by atoms with van der Waals surface area (Å²) >= 11 is 0. The van der Waals surface area contributed by atoms with E-state index in [0.717, 1.165) is 25.7 Å². The van der Waals surface area contributed by atoms with E-state index in [2.05, 4.69) is 10.0 Å². The van der Waals surface area contributed by atoms with Gasteiger partial charge < -0.3 is 10.1 Å². The Labute approximate surface area is 173 Å². The van der Waals surface area contributed by atoms with Crippen molar-refractivity contribution in [1.29, 1.82) is 0 Å². The number of nitrogens with one attached hydrogen (secondary N) is 2. The van der Waals surface area contributed by atoms with Crippen molar-refractivity contribution in [3.63, 3.8) is 0 Å². The summed E-state index contributed by atoms with van der Waals surface area (Å²) in [6, 6.07) is 5.45. The fourth-order valence-electron chi connectivity index (χ4n) is 3.21. The second kappa shape index (κ2) is 10.7. The molecule has 0 radical (unpaired) electrons. The molecule has 0 aromatic heterocycles. The quantitative estimate of drug-likeness (QED) is 0.493. The summed E-state index contributed by atoms with van der Waals surface area (Å²) in [5, 5.41) is 2.96. The highest BCUT2D eigenvalue weighted by atomic mass is 32.2. The maximum Gasteiger partial charge on any atom is 0.338 e. The van der Waals surface area contributed by atoms with Crippen molar-refractivity contribution >= 4 is 21.9 Å². The Kier molecular flexibility index (Phi) is 8.64. The van der Waals surface area contributed by atoms with Gasteiger partial charge in [0.15, 0.2) is 6.10 Å². The number of carbonyl (C=O) groups is 2. The van der Waals surface area contributed by atoms with E-state index >= 15 is 0 Å². The van der Waals surface area contributed by atoms with E-state index in [1.807, 2.05) is 6.92 Å². The first-order valence-corrected chi connectivity index (χ1v) is 11.8. The molecule has 1 saturated carbocycles. The summed E-state index contributed by atoms with van der Waals surface area (Å²) in [7, 11) is -3.64. The molecule has 7 nitrogen and oxygen atoms in total. The topological polar surface area (TPSA) is 102 Å². The third kappa shape index (κ3) is 7.12. The standard InChI is InChI=1S/C21H32N2O5S/c1-4-15(2)23-29(26,27)19-13-11-17(12-14-19)21(25)28-16(3)20(24)22-18-9-7-5-6-8-10-18/h11-16,18,23H,4-10H2,1-3H3,(H,22,24)/t15-,16-/m1/s1. The Morgan fingerprint density at radius 1 is 1.07 bits per heavy atom. The zero-order chi connectivity index (χ0) is 21.4. The van der Waals surface area contributed by atoms with Crippen molar-refractivity contribution < 1.29 is 22.7 Å². The molecule has 1 aromatic rings. The van der Waals surface area contributed by atoms with Gasteiger partial charge in [0.2, 0.25) is 10.0 Å². The van der Waals surface area contributed by atoms with Gasteiger partial charge in [0.05, 0.1) is 10.5 Å². The number of carbonyl (C=O) groups excluding carboxylic acids is 2. The molecule has 0 heterocycles. The average Bonchev–Trinajstić information content (AvgIpc) is 2.96. The molecule has 2 atom stereocenters. The largest absolute Gasteiger partial charge is 0.449 e. The van der Waals surface area contributed by atoms with Gasteiger partial charge in [0, 0.05) is 12.1 Å². The molecule has 1 fully saturated rings. The molecule has 8 heteroatoms. The molecule has 2 rings (SSSR count). The molecular formula is C21H32N2O5S. The van der Waals surface area contributed by atoms with E-state index in [-0.39, 0.29) is 28.4 Å². The van der Waals surface area contributed by atoms with E-state index in [0.29, 0.717) is 6.42 Å². The molecule has 2 N–H and O–H groups in total. The molecule has 162 valence electrons. The Morgan fingerprint density at radius 3 is 2.21 bits per heavy atom. The van der Waals surface area contributed by atoms with E-state index in [1.54, 1.807) is 13.8 Å². The van der Waals surface area contributed by atoms with Crippen LogP contribution in [-0.2, 0) is 19.6 Å². The first kappa shape index (κ1) is 23.3. The molecular weight excluding hydrogens is 392 g/mol. The Morgan fingerprint density at radius 2 is 1.66 bits per heavy atom. The van der Waals surface area contributed by atoms with Gasteiger partial charge in [0.1, 0.15) is 0 Å². The molecule has 1 amide bonds. The summed E-state index contributed by atoms with van der Waals surface area (Å²) in [5.41, 5.74) is 0.196. The van der Waals surface area contributed by atoms with Crippen LogP contribution in [0.4, 0.5) is 0 Å². The SMILES string of the molecule is CC[C@@H](C)NS(=O)(=O)c1ccc(C(=O)O[C@H](C)C(=O)NC2CCCCCC2)cc1. The number of amides is 1. The minimum Gasteiger partial charge on any atom is -0.449 e. The number of esters is 1. The number of ether oxygens (including phenoxy) is 1. The maximum atomic E-state index is 12.3. The number of sulfonamides is 1. The lowest BCUT2D eigenvalue weighted by Gasteiger charge is -2.19. The van der Waals surface area contributed by atoms with Crippen LogP contribution >= 0.6 is 0 Å². The van der Waals surface area contributed by atoms with E-state index in [1.165, 1.54) is 37.1 Å². The minimum atomic E-state index is -3.64. The molecule has 0 aliphatic heterocycles. The lowest BCUT2D eigenvalue weighted by Crippen LogP contribution is -2.41. The summed E-state index contributed by atoms with van der Waals surface area (Å²) in [4.78, 5) is 24.7. The van der Waals surface area contributed by atoms with Crippen LogP contribution in [0.2, 0.25) is 0 Å². The van der Waals surface area contributed by atoms with E-state index < -0.39 is 22.1 Å². The van der Waals surface area contributed by atoms with Crippen LogP contribution in [0.25, 0.3) is 0 Å². The van der Waals surface area contributed by atoms with Crippen LogP contribution < -0.4 is 10.0 Å². The van der Waals surface area contributed by atoms with Crippen LogP contribution in [0.15, 0.2) is 29.2 Å². The van der Waals surface area contributed by atoms with Crippen LogP contribution in [0.3, 0.4) is 0 Å². The van der Waals surface area contributed by atoms with Crippen molar-refractivity contribution in [3.8, 4) is 0 Å². The van der Waals surface area contributed by atoms with Gasteiger partial charge in [-0.25, -0.2) is 17.9 Å². The molecule has 0 saturated heterocycles. The number of rotatable bonds is 8. The minimum absolute atomic E-state index is 0.0773. The van der Waals surface area contributed by atoms with E-state index in [4.69, 9.17) is 4.74 Å². The third-order valence-corrected chi connectivity index (χ3v) is 6.83. The van der Waals surface area contributed by atoms with Crippen molar-refractivity contribution in [2.75, 3.05) is 0 Å². The molecule has 0 unspecified atom stereocenters. The van der Waals surface area contributed by atoms with Crippen LogP contribution in [-0.4, -0.2) is 38.5 Å². The molecule has 0 spiro atoms. The van der Waals surface area contributed by atoms with Gasteiger partial charge in [0.25, 0.3) is 5.91 Å². The highest BCUT2D eigenvalue weighted by Crippen LogP contribution is 2.18. The lowest BCUT2D eigenvalue weighted by atomic mass is 10.1. The van der Waals surface area contributed by atoms with Gasteiger partial charge in [-0.1, -0.05) is 32.6 Å². The monoisotopic (exact) mass is 424 g/mol. The zero-order valence-electron chi connectivity index (χ0n) is 17.4. The second-order valence-corrected chi connectivity index (χ2v) is 9.41. The highest BCUT2D eigenvalue weighted by Gasteiger charge is 2.23. The summed E-state index contributed by atoms with van der Waals surface area (Å²) in [6.07, 6.45) is 6.23. The van der Waals surface area contributed by atoms with E-state index in [9.17, 15) is 18.0 Å². The van der Waals surface area contributed by atoms with Crippen molar-refractivity contribution in [1.82, 2.24) is 10.0 Å². The smallest absolute Gasteiger partial charge is 0.338 e. The first-order valence-electron chi connectivity index (χ1n) is 10.4. The maximum absolute atomic E-state index is 12.3. The highest BCUT2D eigenvalue weighted by molar-refractivity contribution is 7.89. The summed E-state index contributed by atoms with van der Waals surface area (Å²) in [5.74, 6) is -0.963. The number of hydrogen-bond donors (Lipinski definition) is 2. The number of benzene rings is 1. The zero-order valence-corrected chi connectivity index (χ0v) is 18.3. The lowest BCUT2D eigenvalue weighted by molar-refractivity contribution is -0.129. The van der Waals surface area contributed by atoms with Gasteiger partial charge in [-0.2, -0.15) is 0 Å². The molecule has 1 aliphatic rings. The summed E-state index contributed by atoms with van der Waals surface area (Å²) < 4.78 is 32.4. The number of hydrogen-bond acceptors (Lipinski definition) is 5. The van der Waals surface area contributed by atoms with Crippen molar-refractivity contribution in [2.24, 2.45) is 0 Å². The predicted molar refractivity (Wildman–Crippen MR) is 111 cm³/mol. The average molecular weight is 425 g/mol. The van der Waals surface area contributed by atoms with Gasteiger partial charge >= 0.3 is 5.97 Å². The fourth-order valence-corrected chi connectivity index (χ4v) is 4.54. The Bertz CT molecular complexity index is 784. The normalized spacial score (nSPS) is 17.8. The van der Waals surface area contributed by atoms with Crippen LogP contribution in [0.1, 0.15) is 76.1 Å². The summed E-state index contributed by atoms with van der Waals surface area (Å²) in [6.45, 7) is 5.21. The fraction of sp³-hybridized carbons (Fsp3) is 0.619. The van der Waals surface area contributed by atoms with Gasteiger partial charge in [-0.3, -0.25) is 4.79 Å². The first-order chi connectivity index (χ1) is 13.7. The van der Waals surface area contributed by atoms with Gasteiger partial charge in [-0.15, -0.1) is 0 Å². The molecule has 29 heavy (non-hydrogen) atoms. The Hall–Kier alpha value is -1.93. The van der Waals surface area contributed by atoms with Crippen molar-refractivity contribution in [3.05, 3.63) is 29.8 Å². The van der Waals surface area contributed by atoms with Crippen LogP contribution in [0, 0.1) is 0 Å². The van der Waals surface area contributed by atoms with Crippen molar-refractivity contribution in [2.45, 2.75) is 88.8 Å². The third-order valence-electron chi connectivity index (χ3n) is 5.22. The second-order valence-electron chi connectivity index (χ2n) is 7.70. The van der Waals surface area contributed by atoms with Gasteiger partial charge in [-0.05, 0) is 57.4 Å².